The second-order valence-electron chi connectivity index (χ2n) is 6.19. The zero-order valence-electron chi connectivity index (χ0n) is 15.0. The van der Waals surface area contributed by atoms with Gasteiger partial charge in [-0.1, -0.05) is 60.7 Å². The SMILES string of the molecule is O=C(C[n+]1ccc(C(=O)NCc2ccccc2)cc1)NCc1ccccc1. The molecule has 5 nitrogen and oxygen atoms in total. The predicted molar refractivity (Wildman–Crippen MR) is 103 cm³/mol. The van der Waals surface area contributed by atoms with Crippen LogP contribution in [0.1, 0.15) is 21.5 Å². The molecule has 0 spiro atoms. The molecule has 2 aromatic carbocycles. The van der Waals surface area contributed by atoms with Crippen LogP contribution in [0.2, 0.25) is 0 Å². The van der Waals surface area contributed by atoms with Crippen molar-refractivity contribution in [2.24, 2.45) is 0 Å². The molecule has 0 saturated carbocycles. The van der Waals surface area contributed by atoms with Crippen molar-refractivity contribution in [3.8, 4) is 0 Å². The van der Waals surface area contributed by atoms with E-state index in [1.165, 1.54) is 0 Å². The van der Waals surface area contributed by atoms with E-state index in [1.807, 2.05) is 60.7 Å². The van der Waals surface area contributed by atoms with Crippen molar-refractivity contribution in [2.45, 2.75) is 19.6 Å². The van der Waals surface area contributed by atoms with Crippen molar-refractivity contribution >= 4 is 11.8 Å². The highest BCUT2D eigenvalue weighted by Crippen LogP contribution is 2.00. The van der Waals surface area contributed by atoms with Gasteiger partial charge in [-0.15, -0.1) is 0 Å². The summed E-state index contributed by atoms with van der Waals surface area (Å²) >= 11 is 0. The zero-order chi connectivity index (χ0) is 18.9. The zero-order valence-corrected chi connectivity index (χ0v) is 15.0. The maximum absolute atomic E-state index is 12.2. The number of carbonyl (C=O) groups is 2. The number of hydrogen-bond acceptors (Lipinski definition) is 2. The van der Waals surface area contributed by atoms with E-state index in [4.69, 9.17) is 0 Å². The van der Waals surface area contributed by atoms with Crippen LogP contribution in [-0.4, -0.2) is 11.8 Å². The quantitative estimate of drug-likeness (QED) is 0.635. The minimum Gasteiger partial charge on any atom is -0.348 e. The van der Waals surface area contributed by atoms with Gasteiger partial charge in [0.15, 0.2) is 12.4 Å². The average Bonchev–Trinajstić information content (AvgIpc) is 2.72. The van der Waals surface area contributed by atoms with E-state index in [9.17, 15) is 9.59 Å². The Morgan fingerprint density at radius 1 is 0.704 bits per heavy atom. The third kappa shape index (κ3) is 5.78. The molecule has 0 saturated heterocycles. The highest BCUT2D eigenvalue weighted by molar-refractivity contribution is 5.93. The van der Waals surface area contributed by atoms with Crippen LogP contribution in [0.25, 0.3) is 0 Å². The molecule has 1 heterocycles. The van der Waals surface area contributed by atoms with E-state index in [2.05, 4.69) is 10.6 Å². The van der Waals surface area contributed by atoms with Crippen LogP contribution in [0.3, 0.4) is 0 Å². The van der Waals surface area contributed by atoms with Crippen molar-refractivity contribution in [3.05, 3.63) is 102 Å². The van der Waals surface area contributed by atoms with Gasteiger partial charge >= 0.3 is 0 Å². The summed E-state index contributed by atoms with van der Waals surface area (Å²) in [5.41, 5.74) is 2.67. The van der Waals surface area contributed by atoms with Crippen molar-refractivity contribution in [1.82, 2.24) is 10.6 Å². The molecule has 3 rings (SSSR count). The van der Waals surface area contributed by atoms with Crippen molar-refractivity contribution in [3.63, 3.8) is 0 Å². The standard InChI is InChI=1S/C22H21N3O2/c26-21(23-15-18-7-3-1-4-8-18)17-25-13-11-20(12-14-25)22(27)24-16-19-9-5-2-6-10-19/h1-14H,15-17H2,(H-,23,24,26,27)/p+1. The van der Waals surface area contributed by atoms with Gasteiger partial charge in [0.2, 0.25) is 6.54 Å². The first kappa shape index (κ1) is 18.3. The van der Waals surface area contributed by atoms with Crippen LogP contribution in [0.4, 0.5) is 0 Å². The second-order valence-corrected chi connectivity index (χ2v) is 6.19. The van der Waals surface area contributed by atoms with E-state index in [1.54, 1.807) is 29.1 Å². The van der Waals surface area contributed by atoms with Gasteiger partial charge in [-0.05, 0) is 11.1 Å². The molecule has 0 bridgehead atoms. The minimum absolute atomic E-state index is 0.0786. The first-order valence-electron chi connectivity index (χ1n) is 8.82. The Kier molecular flexibility index (Phi) is 6.30. The van der Waals surface area contributed by atoms with Crippen molar-refractivity contribution < 1.29 is 14.2 Å². The smallest absolute Gasteiger partial charge is 0.286 e. The summed E-state index contributed by atoms with van der Waals surface area (Å²) in [6, 6.07) is 22.9. The predicted octanol–water partition coefficient (Wildman–Crippen LogP) is 2.22. The van der Waals surface area contributed by atoms with Gasteiger partial charge in [-0.3, -0.25) is 9.59 Å². The fourth-order valence-electron chi connectivity index (χ4n) is 2.61. The van der Waals surface area contributed by atoms with E-state index in [0.29, 0.717) is 18.7 Å². The third-order valence-electron chi connectivity index (χ3n) is 4.11. The first-order chi connectivity index (χ1) is 13.2. The van der Waals surface area contributed by atoms with Gasteiger partial charge in [-0.2, -0.15) is 4.57 Å². The van der Waals surface area contributed by atoms with Crippen molar-refractivity contribution in [1.29, 1.82) is 0 Å². The summed E-state index contributed by atoms with van der Waals surface area (Å²) in [4.78, 5) is 24.3. The Hall–Kier alpha value is -3.47. The number of hydrogen-bond donors (Lipinski definition) is 2. The number of nitrogens with one attached hydrogen (secondary N) is 2. The number of nitrogens with zero attached hydrogens (tertiary/aromatic N) is 1. The molecule has 136 valence electrons. The molecular weight excluding hydrogens is 338 g/mol. The van der Waals surface area contributed by atoms with Crippen LogP contribution < -0.4 is 15.2 Å². The maximum Gasteiger partial charge on any atom is 0.286 e. The van der Waals surface area contributed by atoms with Crippen LogP contribution in [0, 0.1) is 0 Å². The number of rotatable bonds is 7. The van der Waals surface area contributed by atoms with Gasteiger partial charge in [0.25, 0.3) is 11.8 Å². The number of carbonyl (C=O) groups excluding carboxylic acids is 2. The minimum atomic E-state index is -0.139. The molecule has 2 amide bonds. The molecule has 5 heteroatoms. The number of benzene rings is 2. The summed E-state index contributed by atoms with van der Waals surface area (Å²) in [5, 5.41) is 5.77. The molecule has 2 N–H and O–H groups in total. The molecule has 0 aliphatic carbocycles. The monoisotopic (exact) mass is 360 g/mol. The number of aromatic nitrogens is 1. The second kappa shape index (κ2) is 9.29. The van der Waals surface area contributed by atoms with E-state index < -0.39 is 0 Å². The number of pyridine rings is 1. The number of amides is 2. The topological polar surface area (TPSA) is 62.1 Å². The Balaban J connectivity index is 1.47. The molecule has 3 aromatic rings. The van der Waals surface area contributed by atoms with Crippen LogP contribution >= 0.6 is 0 Å². The van der Waals surface area contributed by atoms with Crippen LogP contribution in [0.5, 0.6) is 0 Å². The molecule has 0 atom stereocenters. The van der Waals surface area contributed by atoms with Crippen LogP contribution in [-0.2, 0) is 24.4 Å². The molecule has 0 aliphatic heterocycles. The van der Waals surface area contributed by atoms with Gasteiger partial charge < -0.3 is 10.6 Å². The van der Waals surface area contributed by atoms with E-state index >= 15 is 0 Å². The summed E-state index contributed by atoms with van der Waals surface area (Å²) in [7, 11) is 0. The van der Waals surface area contributed by atoms with Gasteiger partial charge in [0.1, 0.15) is 0 Å². The molecule has 27 heavy (non-hydrogen) atoms. The average molecular weight is 360 g/mol. The fourth-order valence-corrected chi connectivity index (χ4v) is 2.61. The molecule has 0 unspecified atom stereocenters. The van der Waals surface area contributed by atoms with Gasteiger partial charge in [0, 0.05) is 25.2 Å². The van der Waals surface area contributed by atoms with Gasteiger partial charge in [0.05, 0.1) is 5.56 Å². The highest BCUT2D eigenvalue weighted by Gasteiger charge is 2.11. The third-order valence-corrected chi connectivity index (χ3v) is 4.11. The Morgan fingerprint density at radius 3 is 1.78 bits per heavy atom. The molecule has 0 radical (unpaired) electrons. The summed E-state index contributed by atoms with van der Waals surface area (Å²) < 4.78 is 1.74. The van der Waals surface area contributed by atoms with E-state index in [-0.39, 0.29) is 18.4 Å². The molecule has 1 aromatic heterocycles. The molecule has 0 fully saturated rings. The molecule has 0 aliphatic rings. The fraction of sp³-hybridized carbons (Fsp3) is 0.136. The summed E-state index contributed by atoms with van der Waals surface area (Å²) in [5.74, 6) is -0.218. The lowest BCUT2D eigenvalue weighted by atomic mass is 10.2. The largest absolute Gasteiger partial charge is 0.348 e. The highest BCUT2D eigenvalue weighted by atomic mass is 16.2. The lowest BCUT2D eigenvalue weighted by Gasteiger charge is -2.05. The summed E-state index contributed by atoms with van der Waals surface area (Å²) in [6.07, 6.45) is 3.47. The Bertz CT molecular complexity index is 878. The molecular formula is C22H22N3O2+. The van der Waals surface area contributed by atoms with E-state index in [0.717, 1.165) is 11.1 Å². The lowest BCUT2D eigenvalue weighted by molar-refractivity contribution is -0.684. The lowest BCUT2D eigenvalue weighted by Crippen LogP contribution is -2.42. The van der Waals surface area contributed by atoms with Crippen LogP contribution in [0.15, 0.2) is 85.2 Å². The summed E-state index contributed by atoms with van der Waals surface area (Å²) in [6.45, 7) is 1.19. The van der Waals surface area contributed by atoms with Crippen molar-refractivity contribution in [2.75, 3.05) is 0 Å². The Labute approximate surface area is 158 Å². The normalized spacial score (nSPS) is 10.2. The first-order valence-corrected chi connectivity index (χ1v) is 8.82. The Morgan fingerprint density at radius 2 is 1.22 bits per heavy atom. The maximum atomic E-state index is 12.2. The van der Waals surface area contributed by atoms with Gasteiger partial charge in [-0.25, -0.2) is 0 Å².